The van der Waals surface area contributed by atoms with Crippen molar-refractivity contribution in [2.75, 3.05) is 26.1 Å². The number of ether oxygens (including phenoxy) is 2. The van der Waals surface area contributed by atoms with Gasteiger partial charge in [-0.3, -0.25) is 10.1 Å². The molecular formula is C13H16F2N2O3. The van der Waals surface area contributed by atoms with Crippen molar-refractivity contribution in [2.24, 2.45) is 0 Å². The van der Waals surface area contributed by atoms with Gasteiger partial charge in [0.2, 0.25) is 5.91 Å². The van der Waals surface area contributed by atoms with Crippen LogP contribution in [0, 0.1) is 0 Å². The molecule has 5 nitrogen and oxygen atoms in total. The summed E-state index contributed by atoms with van der Waals surface area (Å²) >= 11 is 0. The van der Waals surface area contributed by atoms with Gasteiger partial charge in [0.05, 0.1) is 26.8 Å². The lowest BCUT2D eigenvalue weighted by Crippen LogP contribution is -2.35. The van der Waals surface area contributed by atoms with Crippen LogP contribution < -0.4 is 20.1 Å². The molecule has 1 heterocycles. The molecular weight excluding hydrogens is 270 g/mol. The molecule has 1 unspecified atom stereocenters. The molecule has 0 aromatic heterocycles. The molecule has 1 aromatic rings. The summed E-state index contributed by atoms with van der Waals surface area (Å²) in [4.78, 5) is 11.9. The van der Waals surface area contributed by atoms with Crippen LogP contribution >= 0.6 is 0 Å². The van der Waals surface area contributed by atoms with Gasteiger partial charge >= 0.3 is 0 Å². The molecule has 1 fully saturated rings. The zero-order chi connectivity index (χ0) is 14.8. The number of carbonyl (C=O) groups excluding carboxylic acids is 1. The lowest BCUT2D eigenvalue weighted by Gasteiger charge is -2.13. The van der Waals surface area contributed by atoms with E-state index in [1.807, 2.05) is 0 Å². The summed E-state index contributed by atoms with van der Waals surface area (Å²) in [7, 11) is 2.98. The predicted octanol–water partition coefficient (Wildman–Crippen LogP) is 1.64. The number of benzene rings is 1. The van der Waals surface area contributed by atoms with Gasteiger partial charge in [-0.2, -0.15) is 0 Å². The molecule has 0 aliphatic carbocycles. The molecule has 1 saturated heterocycles. The fraction of sp³-hybridized carbons (Fsp3) is 0.462. The van der Waals surface area contributed by atoms with Crippen molar-refractivity contribution in [3.8, 4) is 11.5 Å². The third-order valence-corrected chi connectivity index (χ3v) is 3.08. The average Bonchev–Trinajstić information content (AvgIpc) is 2.79. The predicted molar refractivity (Wildman–Crippen MR) is 69.5 cm³/mol. The Morgan fingerprint density at radius 2 is 2.05 bits per heavy atom. The number of carbonyl (C=O) groups is 1. The molecule has 0 radical (unpaired) electrons. The standard InChI is InChI=1S/C13H16F2N2O3/c1-19-10-4-3-8(5-11(10)20-2)17-12(18)9-6-13(14,15)7-16-9/h3-5,9,16H,6-7H2,1-2H3,(H,17,18). The number of nitrogens with one attached hydrogen (secondary N) is 2. The highest BCUT2D eigenvalue weighted by atomic mass is 19.3. The van der Waals surface area contributed by atoms with Gasteiger partial charge in [0.15, 0.2) is 11.5 Å². The Kier molecular flexibility index (Phi) is 4.08. The zero-order valence-corrected chi connectivity index (χ0v) is 11.2. The topological polar surface area (TPSA) is 59.6 Å². The van der Waals surface area contributed by atoms with E-state index in [1.165, 1.54) is 14.2 Å². The van der Waals surface area contributed by atoms with Gasteiger partial charge in [0, 0.05) is 18.2 Å². The Balaban J connectivity index is 2.05. The lowest BCUT2D eigenvalue weighted by molar-refractivity contribution is -0.118. The highest BCUT2D eigenvalue weighted by Gasteiger charge is 2.42. The van der Waals surface area contributed by atoms with Gasteiger partial charge < -0.3 is 14.8 Å². The van der Waals surface area contributed by atoms with Crippen LogP contribution in [0.15, 0.2) is 18.2 Å². The third kappa shape index (κ3) is 3.16. The van der Waals surface area contributed by atoms with Crippen LogP contribution in [0.3, 0.4) is 0 Å². The van der Waals surface area contributed by atoms with E-state index in [1.54, 1.807) is 18.2 Å². The number of hydrogen-bond donors (Lipinski definition) is 2. The van der Waals surface area contributed by atoms with Gasteiger partial charge in [-0.05, 0) is 12.1 Å². The van der Waals surface area contributed by atoms with Crippen LogP contribution in [-0.4, -0.2) is 38.6 Å². The number of alkyl halides is 2. The summed E-state index contributed by atoms with van der Waals surface area (Å²) in [5, 5.41) is 5.08. The van der Waals surface area contributed by atoms with Crippen molar-refractivity contribution in [2.45, 2.75) is 18.4 Å². The quantitative estimate of drug-likeness (QED) is 0.883. The molecule has 0 spiro atoms. The van der Waals surface area contributed by atoms with Crippen molar-refractivity contribution in [3.63, 3.8) is 0 Å². The molecule has 7 heteroatoms. The minimum Gasteiger partial charge on any atom is -0.493 e. The van der Waals surface area contributed by atoms with Crippen molar-refractivity contribution in [1.82, 2.24) is 5.32 Å². The Morgan fingerprint density at radius 3 is 2.60 bits per heavy atom. The second-order valence-corrected chi connectivity index (χ2v) is 4.55. The number of rotatable bonds is 4. The number of amides is 1. The highest BCUT2D eigenvalue weighted by molar-refractivity contribution is 5.95. The molecule has 1 amide bonds. The van der Waals surface area contributed by atoms with Gasteiger partial charge in [0.25, 0.3) is 5.92 Å². The van der Waals surface area contributed by atoms with Crippen LogP contribution in [0.25, 0.3) is 0 Å². The molecule has 110 valence electrons. The van der Waals surface area contributed by atoms with E-state index >= 15 is 0 Å². The van der Waals surface area contributed by atoms with Crippen molar-refractivity contribution < 1.29 is 23.0 Å². The number of hydrogen-bond acceptors (Lipinski definition) is 4. The molecule has 2 N–H and O–H groups in total. The minimum absolute atomic E-state index is 0.454. The summed E-state index contributed by atoms with van der Waals surface area (Å²) in [5.74, 6) is -2.35. The minimum atomic E-state index is -2.83. The molecule has 1 aliphatic rings. The first kappa shape index (κ1) is 14.5. The summed E-state index contributed by atoms with van der Waals surface area (Å²) in [6.07, 6.45) is -0.494. The summed E-state index contributed by atoms with van der Waals surface area (Å²) in [6, 6.07) is 3.93. The van der Waals surface area contributed by atoms with E-state index in [0.29, 0.717) is 17.2 Å². The SMILES string of the molecule is COc1ccc(NC(=O)C2CC(F)(F)CN2)cc1OC. The Bertz CT molecular complexity index is 508. The van der Waals surface area contributed by atoms with E-state index < -0.39 is 30.8 Å². The first-order valence-corrected chi connectivity index (χ1v) is 6.09. The maximum absolute atomic E-state index is 13.0. The summed E-state index contributed by atoms with van der Waals surface area (Å²) in [6.45, 7) is -0.475. The Labute approximate surface area is 115 Å². The maximum Gasteiger partial charge on any atom is 0.262 e. The van der Waals surface area contributed by atoms with Crippen LogP contribution in [0.5, 0.6) is 11.5 Å². The highest BCUT2D eigenvalue weighted by Crippen LogP contribution is 2.30. The summed E-state index contributed by atoms with van der Waals surface area (Å²) in [5.41, 5.74) is 0.463. The second-order valence-electron chi connectivity index (χ2n) is 4.55. The van der Waals surface area contributed by atoms with Crippen LogP contribution in [0.1, 0.15) is 6.42 Å². The number of halogens is 2. The monoisotopic (exact) mass is 286 g/mol. The van der Waals surface area contributed by atoms with Crippen molar-refractivity contribution >= 4 is 11.6 Å². The van der Waals surface area contributed by atoms with E-state index in [4.69, 9.17) is 9.47 Å². The fourth-order valence-electron chi connectivity index (χ4n) is 2.04. The van der Waals surface area contributed by atoms with Gasteiger partial charge in [-0.15, -0.1) is 0 Å². The van der Waals surface area contributed by atoms with E-state index in [0.717, 1.165) is 0 Å². The lowest BCUT2D eigenvalue weighted by atomic mass is 10.1. The van der Waals surface area contributed by atoms with E-state index in [2.05, 4.69) is 10.6 Å². The van der Waals surface area contributed by atoms with Crippen LogP contribution in [-0.2, 0) is 4.79 Å². The smallest absolute Gasteiger partial charge is 0.262 e. The number of anilines is 1. The van der Waals surface area contributed by atoms with Gasteiger partial charge in [-0.1, -0.05) is 0 Å². The zero-order valence-electron chi connectivity index (χ0n) is 11.2. The largest absolute Gasteiger partial charge is 0.493 e. The fourth-order valence-corrected chi connectivity index (χ4v) is 2.04. The second kappa shape index (κ2) is 5.62. The summed E-state index contributed by atoms with van der Waals surface area (Å²) < 4.78 is 36.2. The molecule has 0 bridgehead atoms. The van der Waals surface area contributed by atoms with Crippen molar-refractivity contribution in [1.29, 1.82) is 0 Å². The molecule has 2 rings (SSSR count). The molecule has 20 heavy (non-hydrogen) atoms. The van der Waals surface area contributed by atoms with Crippen LogP contribution in [0.2, 0.25) is 0 Å². The maximum atomic E-state index is 13.0. The van der Waals surface area contributed by atoms with Gasteiger partial charge in [0.1, 0.15) is 0 Å². The van der Waals surface area contributed by atoms with Crippen LogP contribution in [0.4, 0.5) is 14.5 Å². The Hall–Kier alpha value is -1.89. The van der Waals surface area contributed by atoms with E-state index in [9.17, 15) is 13.6 Å². The molecule has 0 saturated carbocycles. The first-order chi connectivity index (χ1) is 9.45. The van der Waals surface area contributed by atoms with Crippen molar-refractivity contribution in [3.05, 3.63) is 18.2 Å². The number of methoxy groups -OCH3 is 2. The first-order valence-electron chi connectivity index (χ1n) is 6.09. The molecule has 1 aliphatic heterocycles. The van der Waals surface area contributed by atoms with Gasteiger partial charge in [-0.25, -0.2) is 8.78 Å². The molecule has 1 aromatic carbocycles. The normalized spacial score (nSPS) is 20.5. The average molecular weight is 286 g/mol. The third-order valence-electron chi connectivity index (χ3n) is 3.08. The Morgan fingerprint density at radius 1 is 1.35 bits per heavy atom. The van der Waals surface area contributed by atoms with E-state index in [-0.39, 0.29) is 0 Å². The molecule has 1 atom stereocenters.